The minimum atomic E-state index is -0.740. The standard InChI is InChI=1S/C23H22FN3O6/c1-23(2)13-9-27(21(29)12-4-5-14(24)19-18(12)32-10-33-19)17(16(13)23)20(28)26-11-6-7-25-15(8-11)22(30)31-3/h4-8,13,16-17H,9-10H2,1-3H3,(H,25,26,28)/t13-,16-,17-/m0/s1. The number of ether oxygens (including phenoxy) is 3. The number of hydrogen-bond donors (Lipinski definition) is 1. The van der Waals surface area contributed by atoms with Crippen LogP contribution in [0.15, 0.2) is 30.5 Å². The molecule has 0 unspecified atom stereocenters. The van der Waals surface area contributed by atoms with E-state index in [0.29, 0.717) is 12.2 Å². The Kier molecular flexibility index (Phi) is 4.77. The molecule has 1 saturated heterocycles. The van der Waals surface area contributed by atoms with Crippen molar-refractivity contribution in [2.75, 3.05) is 25.8 Å². The van der Waals surface area contributed by atoms with Gasteiger partial charge in [0, 0.05) is 18.4 Å². The first-order valence-electron chi connectivity index (χ1n) is 10.5. The summed E-state index contributed by atoms with van der Waals surface area (Å²) in [7, 11) is 1.24. The Morgan fingerprint density at radius 3 is 2.73 bits per heavy atom. The van der Waals surface area contributed by atoms with Gasteiger partial charge in [-0.1, -0.05) is 13.8 Å². The van der Waals surface area contributed by atoms with Crippen LogP contribution in [-0.4, -0.2) is 54.2 Å². The molecule has 1 aliphatic carbocycles. The summed E-state index contributed by atoms with van der Waals surface area (Å²) in [5.74, 6) is -1.96. The Bertz CT molecular complexity index is 1180. The maximum absolute atomic E-state index is 14.0. The van der Waals surface area contributed by atoms with Crippen molar-refractivity contribution < 1.29 is 33.0 Å². The highest BCUT2D eigenvalue weighted by molar-refractivity contribution is 6.04. The van der Waals surface area contributed by atoms with Crippen LogP contribution in [-0.2, 0) is 9.53 Å². The minimum Gasteiger partial charge on any atom is -0.464 e. The second-order valence-electron chi connectivity index (χ2n) is 8.93. The molecular formula is C23H22FN3O6. The van der Waals surface area contributed by atoms with Crippen LogP contribution in [0.4, 0.5) is 10.1 Å². The van der Waals surface area contributed by atoms with E-state index in [2.05, 4.69) is 28.9 Å². The molecule has 0 spiro atoms. The summed E-state index contributed by atoms with van der Waals surface area (Å²) in [5.41, 5.74) is 0.471. The number of piperidine rings is 1. The van der Waals surface area contributed by atoms with Crippen LogP contribution in [0.2, 0.25) is 0 Å². The quantitative estimate of drug-likeness (QED) is 0.706. The Morgan fingerprint density at radius 2 is 1.97 bits per heavy atom. The molecule has 3 heterocycles. The van der Waals surface area contributed by atoms with Crippen LogP contribution < -0.4 is 14.8 Å². The molecule has 1 N–H and O–H groups in total. The lowest BCUT2D eigenvalue weighted by Crippen LogP contribution is -2.47. The zero-order valence-corrected chi connectivity index (χ0v) is 18.3. The van der Waals surface area contributed by atoms with Crippen molar-refractivity contribution in [1.29, 1.82) is 0 Å². The molecule has 0 radical (unpaired) electrons. The van der Waals surface area contributed by atoms with Crippen molar-refractivity contribution in [2.24, 2.45) is 17.3 Å². The number of nitrogens with one attached hydrogen (secondary N) is 1. The van der Waals surface area contributed by atoms with E-state index in [4.69, 9.17) is 9.47 Å². The molecule has 0 bridgehead atoms. The van der Waals surface area contributed by atoms with Crippen LogP contribution in [0, 0.1) is 23.1 Å². The van der Waals surface area contributed by atoms with Gasteiger partial charge in [-0.3, -0.25) is 9.59 Å². The lowest BCUT2D eigenvalue weighted by Gasteiger charge is -2.30. The summed E-state index contributed by atoms with van der Waals surface area (Å²) < 4.78 is 29.2. The van der Waals surface area contributed by atoms with Gasteiger partial charge in [0.2, 0.25) is 18.4 Å². The molecule has 10 heteroatoms. The van der Waals surface area contributed by atoms with E-state index in [9.17, 15) is 18.8 Å². The molecule has 172 valence electrons. The topological polar surface area (TPSA) is 107 Å². The lowest BCUT2D eigenvalue weighted by atomic mass is 9.99. The van der Waals surface area contributed by atoms with Gasteiger partial charge < -0.3 is 24.4 Å². The Morgan fingerprint density at radius 1 is 1.21 bits per heavy atom. The average molecular weight is 455 g/mol. The summed E-state index contributed by atoms with van der Waals surface area (Å²) in [5, 5.41) is 2.80. The number of hydrogen-bond acceptors (Lipinski definition) is 7. The van der Waals surface area contributed by atoms with Crippen LogP contribution >= 0.6 is 0 Å². The van der Waals surface area contributed by atoms with Crippen molar-refractivity contribution in [3.05, 3.63) is 47.5 Å². The van der Waals surface area contributed by atoms with Crippen LogP contribution in [0.1, 0.15) is 34.7 Å². The monoisotopic (exact) mass is 455 g/mol. The number of fused-ring (bicyclic) bond motifs is 2. The number of likely N-dealkylation sites (tertiary alicyclic amines) is 1. The summed E-state index contributed by atoms with van der Waals surface area (Å²) >= 11 is 0. The van der Waals surface area contributed by atoms with Gasteiger partial charge >= 0.3 is 5.97 Å². The first kappa shape index (κ1) is 21.2. The molecule has 2 aliphatic heterocycles. The number of carbonyl (C=O) groups excluding carboxylic acids is 3. The van der Waals surface area contributed by atoms with Gasteiger partial charge in [-0.2, -0.15) is 0 Å². The molecule has 1 aromatic carbocycles. The second kappa shape index (κ2) is 7.43. The number of esters is 1. The molecule has 33 heavy (non-hydrogen) atoms. The minimum absolute atomic E-state index is 0.0333. The third-order valence-electron chi connectivity index (χ3n) is 6.86. The summed E-state index contributed by atoms with van der Waals surface area (Å²) in [6, 6.07) is 4.73. The van der Waals surface area contributed by atoms with Crippen molar-refractivity contribution in [3.63, 3.8) is 0 Å². The van der Waals surface area contributed by atoms with Crippen LogP contribution in [0.3, 0.4) is 0 Å². The van der Waals surface area contributed by atoms with Crippen molar-refractivity contribution >= 4 is 23.5 Å². The summed E-state index contributed by atoms with van der Waals surface area (Å²) in [6.45, 7) is 4.35. The number of methoxy groups -OCH3 is 1. The molecule has 5 rings (SSSR count). The van der Waals surface area contributed by atoms with E-state index in [1.54, 1.807) is 6.07 Å². The Balaban J connectivity index is 1.43. The maximum Gasteiger partial charge on any atom is 0.356 e. The molecular weight excluding hydrogens is 433 g/mol. The van der Waals surface area contributed by atoms with E-state index >= 15 is 0 Å². The first-order chi connectivity index (χ1) is 15.7. The van der Waals surface area contributed by atoms with Crippen LogP contribution in [0.5, 0.6) is 11.5 Å². The maximum atomic E-state index is 14.0. The molecule has 3 aliphatic rings. The highest BCUT2D eigenvalue weighted by atomic mass is 19.1. The largest absolute Gasteiger partial charge is 0.464 e. The molecule has 2 amide bonds. The van der Waals surface area contributed by atoms with Gasteiger partial charge in [0.1, 0.15) is 11.7 Å². The SMILES string of the molecule is COC(=O)c1cc(NC(=O)[C@@H]2[C@@H]3[C@H](CN2C(=O)c2ccc(F)c4c2OCO4)C3(C)C)ccn1. The number of aromatic nitrogens is 1. The van der Waals surface area contributed by atoms with Gasteiger partial charge in [0.15, 0.2) is 11.6 Å². The predicted molar refractivity (Wildman–Crippen MR) is 112 cm³/mol. The van der Waals surface area contributed by atoms with E-state index in [1.165, 1.54) is 30.3 Å². The predicted octanol–water partition coefficient (Wildman–Crippen LogP) is 2.47. The number of halogens is 1. The third kappa shape index (κ3) is 3.28. The zero-order chi connectivity index (χ0) is 23.5. The highest BCUT2D eigenvalue weighted by Crippen LogP contribution is 2.65. The van der Waals surface area contributed by atoms with Crippen molar-refractivity contribution in [3.8, 4) is 11.5 Å². The number of benzene rings is 1. The van der Waals surface area contributed by atoms with E-state index in [0.717, 1.165) is 6.07 Å². The van der Waals surface area contributed by atoms with Gasteiger partial charge in [0.25, 0.3) is 5.91 Å². The molecule has 9 nitrogen and oxygen atoms in total. The number of carbonyl (C=O) groups is 3. The first-order valence-corrected chi connectivity index (χ1v) is 10.5. The van der Waals surface area contributed by atoms with Crippen LogP contribution in [0.25, 0.3) is 0 Å². The fourth-order valence-electron chi connectivity index (χ4n) is 5.02. The lowest BCUT2D eigenvalue weighted by molar-refractivity contribution is -0.120. The van der Waals surface area contributed by atoms with Gasteiger partial charge in [-0.15, -0.1) is 0 Å². The van der Waals surface area contributed by atoms with E-state index in [-0.39, 0.29) is 52.7 Å². The zero-order valence-electron chi connectivity index (χ0n) is 18.3. The molecule has 3 atom stereocenters. The highest BCUT2D eigenvalue weighted by Gasteiger charge is 2.69. The number of anilines is 1. The van der Waals surface area contributed by atoms with Gasteiger partial charge in [0.05, 0.1) is 12.7 Å². The second-order valence-corrected chi connectivity index (χ2v) is 8.93. The van der Waals surface area contributed by atoms with Gasteiger partial charge in [-0.25, -0.2) is 14.2 Å². The number of amides is 2. The number of pyridine rings is 1. The Hall–Kier alpha value is -3.69. The number of rotatable bonds is 4. The third-order valence-corrected chi connectivity index (χ3v) is 6.86. The summed E-state index contributed by atoms with van der Waals surface area (Å²) in [6.07, 6.45) is 1.39. The molecule has 1 saturated carbocycles. The molecule has 2 fully saturated rings. The fourth-order valence-corrected chi connectivity index (χ4v) is 5.02. The number of nitrogens with zero attached hydrogens (tertiary/aromatic N) is 2. The van der Waals surface area contributed by atoms with Crippen molar-refractivity contribution in [1.82, 2.24) is 9.88 Å². The molecule has 2 aromatic rings. The molecule has 1 aromatic heterocycles. The Labute approximate surface area is 188 Å². The van der Waals surface area contributed by atoms with Crippen molar-refractivity contribution in [2.45, 2.75) is 19.9 Å². The fraction of sp³-hybridized carbons (Fsp3) is 0.391. The normalized spacial score (nSPS) is 23.6. The smallest absolute Gasteiger partial charge is 0.356 e. The van der Waals surface area contributed by atoms with E-state index in [1.807, 2.05) is 0 Å². The van der Waals surface area contributed by atoms with Gasteiger partial charge in [-0.05, 0) is 41.5 Å². The average Bonchev–Trinajstić information content (AvgIpc) is 3.23. The summed E-state index contributed by atoms with van der Waals surface area (Å²) in [4.78, 5) is 44.0. The van der Waals surface area contributed by atoms with E-state index < -0.39 is 23.7 Å².